The van der Waals surface area contributed by atoms with Gasteiger partial charge in [-0.1, -0.05) is 18.6 Å². The Kier molecular flexibility index (Phi) is 4.82. The van der Waals surface area contributed by atoms with E-state index >= 15 is 0 Å². The maximum atomic E-state index is 11.6. The molecule has 1 heterocycles. The maximum Gasteiger partial charge on any atom is 0.179 e. The van der Waals surface area contributed by atoms with Gasteiger partial charge >= 0.3 is 0 Å². The molecule has 0 aromatic heterocycles. The Hall–Kier alpha value is -1.07. The van der Waals surface area contributed by atoms with Crippen molar-refractivity contribution in [3.63, 3.8) is 0 Å². The smallest absolute Gasteiger partial charge is 0.179 e. The van der Waals surface area contributed by atoms with Crippen molar-refractivity contribution in [3.05, 3.63) is 24.3 Å². The predicted octanol–water partition coefficient (Wildman–Crippen LogP) is 2.00. The second-order valence-corrected chi connectivity index (χ2v) is 6.99. The number of para-hydroxylation sites is 1. The molecule has 0 aliphatic carbocycles. The quantitative estimate of drug-likeness (QED) is 0.898. The first-order valence-electron chi connectivity index (χ1n) is 6.72. The van der Waals surface area contributed by atoms with Crippen molar-refractivity contribution < 1.29 is 13.2 Å². The molecule has 1 aromatic rings. The van der Waals surface area contributed by atoms with Gasteiger partial charge in [0.2, 0.25) is 0 Å². The molecule has 1 N–H and O–H groups in total. The zero-order valence-electron chi connectivity index (χ0n) is 11.3. The van der Waals surface area contributed by atoms with Gasteiger partial charge in [-0.15, -0.1) is 0 Å². The van der Waals surface area contributed by atoms with Crippen LogP contribution in [0.5, 0.6) is 5.75 Å². The highest BCUT2D eigenvalue weighted by Gasteiger charge is 2.15. The molecule has 19 heavy (non-hydrogen) atoms. The first-order chi connectivity index (χ1) is 9.07. The van der Waals surface area contributed by atoms with Crippen LogP contribution < -0.4 is 10.1 Å². The van der Waals surface area contributed by atoms with Crippen LogP contribution >= 0.6 is 0 Å². The van der Waals surface area contributed by atoms with Gasteiger partial charge in [0, 0.05) is 12.3 Å². The molecule has 1 fully saturated rings. The summed E-state index contributed by atoms with van der Waals surface area (Å²) in [6, 6.07) is 7.31. The molecule has 106 valence electrons. The number of hydrogen-bond acceptors (Lipinski definition) is 4. The third kappa shape index (κ3) is 4.21. The van der Waals surface area contributed by atoms with Gasteiger partial charge in [-0.2, -0.15) is 0 Å². The standard InChI is InChI=1S/C14H21NO3S/c1-19(16,17)14-8-3-2-7-13(14)18-11-9-12-6-4-5-10-15-12/h2-3,7-8,12,15H,4-6,9-11H2,1H3. The Morgan fingerprint density at radius 3 is 2.79 bits per heavy atom. The van der Waals surface area contributed by atoms with E-state index in [1.54, 1.807) is 24.3 Å². The zero-order chi connectivity index (χ0) is 13.7. The van der Waals surface area contributed by atoms with Gasteiger partial charge in [-0.25, -0.2) is 8.42 Å². The summed E-state index contributed by atoms with van der Waals surface area (Å²) in [6.45, 7) is 1.62. The number of rotatable bonds is 5. The van der Waals surface area contributed by atoms with E-state index in [-0.39, 0.29) is 4.90 Å². The van der Waals surface area contributed by atoms with Crippen LogP contribution in [0.25, 0.3) is 0 Å². The molecule has 4 nitrogen and oxygen atoms in total. The van der Waals surface area contributed by atoms with Crippen LogP contribution in [0.15, 0.2) is 29.2 Å². The predicted molar refractivity (Wildman–Crippen MR) is 75.3 cm³/mol. The first kappa shape index (κ1) is 14.3. The molecule has 1 aromatic carbocycles. The number of ether oxygens (including phenoxy) is 1. The van der Waals surface area contributed by atoms with Gasteiger partial charge in [0.05, 0.1) is 6.61 Å². The molecular weight excluding hydrogens is 262 g/mol. The van der Waals surface area contributed by atoms with Gasteiger partial charge < -0.3 is 10.1 Å². The molecule has 1 saturated heterocycles. The van der Waals surface area contributed by atoms with Crippen LogP contribution in [0.1, 0.15) is 25.7 Å². The Labute approximate surface area is 115 Å². The fourth-order valence-electron chi connectivity index (χ4n) is 2.36. The molecule has 1 aliphatic heterocycles. The van der Waals surface area contributed by atoms with Crippen molar-refractivity contribution >= 4 is 9.84 Å². The second kappa shape index (κ2) is 6.39. The van der Waals surface area contributed by atoms with E-state index in [1.807, 2.05) is 0 Å². The SMILES string of the molecule is CS(=O)(=O)c1ccccc1OCCC1CCCCN1. The van der Waals surface area contributed by atoms with Crippen molar-refractivity contribution in [2.24, 2.45) is 0 Å². The summed E-state index contributed by atoms with van der Waals surface area (Å²) in [7, 11) is -3.23. The summed E-state index contributed by atoms with van der Waals surface area (Å²) in [4.78, 5) is 0.270. The van der Waals surface area contributed by atoms with Crippen LogP contribution in [0.2, 0.25) is 0 Å². The summed E-state index contributed by atoms with van der Waals surface area (Å²) in [6.07, 6.45) is 5.80. The minimum absolute atomic E-state index is 0.270. The van der Waals surface area contributed by atoms with Gasteiger partial charge in [0.25, 0.3) is 0 Å². The number of benzene rings is 1. The van der Waals surface area contributed by atoms with E-state index in [0.717, 1.165) is 13.0 Å². The number of piperidine rings is 1. The van der Waals surface area contributed by atoms with E-state index in [1.165, 1.54) is 25.5 Å². The average molecular weight is 283 g/mol. The van der Waals surface area contributed by atoms with Gasteiger partial charge in [-0.3, -0.25) is 0 Å². The molecule has 0 saturated carbocycles. The van der Waals surface area contributed by atoms with Crippen LogP contribution in [0.3, 0.4) is 0 Å². The Morgan fingerprint density at radius 2 is 2.11 bits per heavy atom. The topological polar surface area (TPSA) is 55.4 Å². The lowest BCUT2D eigenvalue weighted by molar-refractivity contribution is 0.263. The largest absolute Gasteiger partial charge is 0.492 e. The fraction of sp³-hybridized carbons (Fsp3) is 0.571. The fourth-order valence-corrected chi connectivity index (χ4v) is 3.18. The van der Waals surface area contributed by atoms with Crippen molar-refractivity contribution in [2.45, 2.75) is 36.6 Å². The lowest BCUT2D eigenvalue weighted by atomic mass is 10.0. The highest BCUT2D eigenvalue weighted by atomic mass is 32.2. The summed E-state index contributed by atoms with van der Waals surface area (Å²) >= 11 is 0. The minimum Gasteiger partial charge on any atom is -0.492 e. The number of hydrogen-bond donors (Lipinski definition) is 1. The van der Waals surface area contributed by atoms with E-state index < -0.39 is 9.84 Å². The average Bonchev–Trinajstić information content (AvgIpc) is 2.39. The van der Waals surface area contributed by atoms with Crippen molar-refractivity contribution in [2.75, 3.05) is 19.4 Å². The molecular formula is C14H21NO3S. The molecule has 1 aliphatic rings. The first-order valence-corrected chi connectivity index (χ1v) is 8.62. The van der Waals surface area contributed by atoms with Crippen LogP contribution in [0.4, 0.5) is 0 Å². The van der Waals surface area contributed by atoms with Gasteiger partial charge in [-0.05, 0) is 37.9 Å². The van der Waals surface area contributed by atoms with Crippen molar-refractivity contribution in [3.8, 4) is 5.75 Å². The van der Waals surface area contributed by atoms with E-state index in [9.17, 15) is 8.42 Å². The molecule has 0 radical (unpaired) electrons. The second-order valence-electron chi connectivity index (χ2n) is 5.00. The molecule has 0 spiro atoms. The Morgan fingerprint density at radius 1 is 1.32 bits per heavy atom. The zero-order valence-corrected chi connectivity index (χ0v) is 12.1. The van der Waals surface area contributed by atoms with Crippen LogP contribution in [-0.4, -0.2) is 33.9 Å². The van der Waals surface area contributed by atoms with Gasteiger partial charge in [0.1, 0.15) is 10.6 Å². The summed E-state index contributed by atoms with van der Waals surface area (Å²) in [5.74, 6) is 0.459. The molecule has 2 rings (SSSR count). The van der Waals surface area contributed by atoms with E-state index in [4.69, 9.17) is 4.74 Å². The minimum atomic E-state index is -3.23. The third-order valence-corrected chi connectivity index (χ3v) is 4.52. The Bertz CT molecular complexity index is 507. The lowest BCUT2D eigenvalue weighted by Gasteiger charge is -2.23. The van der Waals surface area contributed by atoms with E-state index in [2.05, 4.69) is 5.32 Å². The van der Waals surface area contributed by atoms with E-state index in [0.29, 0.717) is 18.4 Å². The van der Waals surface area contributed by atoms with Crippen molar-refractivity contribution in [1.82, 2.24) is 5.32 Å². The monoisotopic (exact) mass is 283 g/mol. The summed E-state index contributed by atoms with van der Waals surface area (Å²) in [5.41, 5.74) is 0. The summed E-state index contributed by atoms with van der Waals surface area (Å²) < 4.78 is 28.9. The van der Waals surface area contributed by atoms with Crippen LogP contribution in [-0.2, 0) is 9.84 Å². The summed E-state index contributed by atoms with van der Waals surface area (Å²) in [5, 5.41) is 3.45. The highest BCUT2D eigenvalue weighted by molar-refractivity contribution is 7.90. The molecule has 1 atom stereocenters. The third-order valence-electron chi connectivity index (χ3n) is 3.38. The van der Waals surface area contributed by atoms with Crippen molar-refractivity contribution in [1.29, 1.82) is 0 Å². The molecule has 5 heteroatoms. The highest BCUT2D eigenvalue weighted by Crippen LogP contribution is 2.23. The lowest BCUT2D eigenvalue weighted by Crippen LogP contribution is -2.35. The molecule has 0 bridgehead atoms. The molecule has 1 unspecified atom stereocenters. The Balaban J connectivity index is 1.92. The maximum absolute atomic E-state index is 11.6. The number of nitrogens with one attached hydrogen (secondary N) is 1. The van der Waals surface area contributed by atoms with Gasteiger partial charge in [0.15, 0.2) is 9.84 Å². The van der Waals surface area contributed by atoms with Crippen LogP contribution in [0, 0.1) is 0 Å². The molecule has 0 amide bonds. The number of sulfone groups is 1. The normalized spacial score (nSPS) is 20.2.